The van der Waals surface area contributed by atoms with Crippen LogP contribution in [0.5, 0.6) is 0 Å². The Morgan fingerprint density at radius 3 is 1.27 bits per heavy atom. The normalized spacial score (nSPS) is 16.2. The van der Waals surface area contributed by atoms with Crippen LogP contribution >= 0.6 is 15.0 Å². The Kier molecular flexibility index (Phi) is 6.35. The van der Waals surface area contributed by atoms with Crippen LogP contribution in [-0.4, -0.2) is 34.3 Å². The van der Waals surface area contributed by atoms with Crippen LogP contribution in [0.2, 0.25) is 0 Å². The van der Waals surface area contributed by atoms with Crippen molar-refractivity contribution < 1.29 is 23.8 Å². The van der Waals surface area contributed by atoms with Crippen molar-refractivity contribution in [3.8, 4) is 0 Å². The molecule has 0 aliphatic heterocycles. The smallest absolute Gasteiger partial charge is 0.322 e. The molecule has 5 N–H and O–H groups in total. The quantitative estimate of drug-likeness (QED) is 0.432. The van der Waals surface area contributed by atoms with Gasteiger partial charge in [-0.3, -0.25) is 9.13 Å². The molecule has 0 heterocycles. The van der Waals surface area contributed by atoms with Crippen LogP contribution in [0.4, 0.5) is 0 Å². The molecule has 6 nitrogen and oxygen atoms in total. The summed E-state index contributed by atoms with van der Waals surface area (Å²) >= 11 is 0. The predicted octanol–water partition coefficient (Wildman–Crippen LogP) is -0.403. The van der Waals surface area contributed by atoms with Gasteiger partial charge in [-0.05, 0) is 0 Å². The number of hydrogen-bond donors (Lipinski definition) is 4. The van der Waals surface area contributed by atoms with Gasteiger partial charge in [-0.2, -0.15) is 0 Å². The van der Waals surface area contributed by atoms with E-state index in [4.69, 9.17) is 20.4 Å². The van der Waals surface area contributed by atoms with Crippen LogP contribution < -0.4 is 5.73 Å². The summed E-state index contributed by atoms with van der Waals surface area (Å²) in [6.07, 6.45) is -0.118. The standard InChI is InChI=1S/C2H8NO2P.CH5O3P/c1-6(4,5)2-3;1-5(2,3)4/h2-3H2,1H3,(H,4,5);1H3,(H2,2,3,4). The van der Waals surface area contributed by atoms with Gasteiger partial charge in [0.05, 0.1) is 6.29 Å². The number of hydrogen-bond acceptors (Lipinski definition) is 3. The van der Waals surface area contributed by atoms with E-state index in [0.717, 1.165) is 6.66 Å². The Bertz CT molecular complexity index is 172. The third-order valence-corrected chi connectivity index (χ3v) is 1.02. The van der Waals surface area contributed by atoms with Crippen molar-refractivity contribution in [1.29, 1.82) is 0 Å². The second-order valence-corrected chi connectivity index (χ2v) is 6.21. The van der Waals surface area contributed by atoms with E-state index in [0.29, 0.717) is 0 Å². The minimum absolute atomic E-state index is 0.118. The van der Waals surface area contributed by atoms with Gasteiger partial charge in [0, 0.05) is 13.3 Å². The maximum atomic E-state index is 10.0. The highest BCUT2D eigenvalue weighted by Gasteiger charge is 2.01. The molecule has 1 unspecified atom stereocenters. The summed E-state index contributed by atoms with van der Waals surface area (Å²) in [5, 5.41) is 0. The van der Waals surface area contributed by atoms with Crippen molar-refractivity contribution in [2.45, 2.75) is 0 Å². The van der Waals surface area contributed by atoms with Crippen molar-refractivity contribution >= 4 is 15.0 Å². The monoisotopic (exact) mass is 205 g/mol. The van der Waals surface area contributed by atoms with Crippen molar-refractivity contribution in [2.75, 3.05) is 19.6 Å². The molecule has 0 bridgehead atoms. The highest BCUT2D eigenvalue weighted by atomic mass is 31.2. The first-order valence-corrected chi connectivity index (χ1v) is 6.94. The molecule has 8 heteroatoms. The average molecular weight is 205 g/mol. The lowest BCUT2D eigenvalue weighted by Crippen LogP contribution is -1.97. The molecule has 0 saturated carbocycles. The van der Waals surface area contributed by atoms with Gasteiger partial charge in [-0.25, -0.2) is 0 Å². The van der Waals surface area contributed by atoms with Crippen LogP contribution in [-0.2, 0) is 9.13 Å². The average Bonchev–Trinajstić information content (AvgIpc) is 1.59. The molecule has 0 saturated heterocycles. The Labute approximate surface area is 65.0 Å². The molecular formula is C3H13NO5P2. The molecule has 70 valence electrons. The zero-order valence-corrected chi connectivity index (χ0v) is 8.13. The Morgan fingerprint density at radius 1 is 1.18 bits per heavy atom. The zero-order chi connectivity index (χ0) is 9.71. The molecular weight excluding hydrogens is 192 g/mol. The van der Waals surface area contributed by atoms with Gasteiger partial charge >= 0.3 is 7.60 Å². The van der Waals surface area contributed by atoms with E-state index >= 15 is 0 Å². The van der Waals surface area contributed by atoms with Gasteiger partial charge in [0.1, 0.15) is 0 Å². The van der Waals surface area contributed by atoms with Gasteiger partial charge in [0.25, 0.3) is 0 Å². The molecule has 0 aromatic carbocycles. The topological polar surface area (TPSA) is 121 Å². The molecule has 0 aromatic heterocycles. The van der Waals surface area contributed by atoms with E-state index in [2.05, 4.69) is 0 Å². The molecule has 0 aliphatic rings. The molecule has 0 spiro atoms. The minimum atomic E-state index is -3.64. The highest BCUT2D eigenvalue weighted by molar-refractivity contribution is 7.57. The van der Waals surface area contributed by atoms with E-state index in [9.17, 15) is 9.13 Å². The molecule has 0 fully saturated rings. The number of nitrogens with two attached hydrogens (primary N) is 1. The van der Waals surface area contributed by atoms with E-state index in [1.165, 1.54) is 6.66 Å². The summed E-state index contributed by atoms with van der Waals surface area (Å²) in [6.45, 7) is 2.08. The van der Waals surface area contributed by atoms with Gasteiger partial charge in [0.15, 0.2) is 0 Å². The van der Waals surface area contributed by atoms with Crippen LogP contribution in [0.3, 0.4) is 0 Å². The Hall–Kier alpha value is 0.300. The first-order chi connectivity index (χ1) is 4.56. The van der Waals surface area contributed by atoms with E-state index in [-0.39, 0.29) is 6.29 Å². The van der Waals surface area contributed by atoms with Gasteiger partial charge < -0.3 is 20.4 Å². The first kappa shape index (κ1) is 13.9. The van der Waals surface area contributed by atoms with Crippen LogP contribution in [0, 0.1) is 0 Å². The van der Waals surface area contributed by atoms with Crippen LogP contribution in [0.1, 0.15) is 0 Å². The van der Waals surface area contributed by atoms with Gasteiger partial charge in [-0.1, -0.05) is 0 Å². The lowest BCUT2D eigenvalue weighted by Gasteiger charge is -1.94. The summed E-state index contributed by atoms with van der Waals surface area (Å²) < 4.78 is 19.3. The predicted molar refractivity (Wildman–Crippen MR) is 42.8 cm³/mol. The highest BCUT2D eigenvalue weighted by Crippen LogP contribution is 2.31. The maximum absolute atomic E-state index is 10.0. The van der Waals surface area contributed by atoms with Crippen molar-refractivity contribution in [2.24, 2.45) is 5.73 Å². The minimum Gasteiger partial charge on any atom is -0.344 e. The van der Waals surface area contributed by atoms with Crippen LogP contribution in [0.25, 0.3) is 0 Å². The Morgan fingerprint density at radius 2 is 1.27 bits per heavy atom. The fourth-order valence-corrected chi connectivity index (χ4v) is 0. The largest absolute Gasteiger partial charge is 0.344 e. The van der Waals surface area contributed by atoms with Crippen LogP contribution in [0.15, 0.2) is 0 Å². The molecule has 0 radical (unpaired) electrons. The fraction of sp³-hybridized carbons (Fsp3) is 1.00. The summed E-state index contributed by atoms with van der Waals surface area (Å²) in [5.74, 6) is 0. The van der Waals surface area contributed by atoms with Crippen molar-refractivity contribution in [3.05, 3.63) is 0 Å². The van der Waals surface area contributed by atoms with E-state index in [1.807, 2.05) is 0 Å². The summed E-state index contributed by atoms with van der Waals surface area (Å²) in [6, 6.07) is 0. The van der Waals surface area contributed by atoms with Gasteiger partial charge in [-0.15, -0.1) is 0 Å². The summed E-state index contributed by atoms with van der Waals surface area (Å²) in [7, 11) is -6.51. The zero-order valence-electron chi connectivity index (χ0n) is 6.34. The third kappa shape index (κ3) is 65.2. The third-order valence-electron chi connectivity index (χ3n) is 0.339. The summed E-state index contributed by atoms with van der Waals surface area (Å²) in [4.78, 5) is 23.5. The lowest BCUT2D eigenvalue weighted by atomic mass is 11.5. The lowest BCUT2D eigenvalue weighted by molar-refractivity contribution is 0.381. The first-order valence-electron chi connectivity index (χ1n) is 2.58. The Balaban J connectivity index is 0. The second kappa shape index (κ2) is 5.04. The van der Waals surface area contributed by atoms with E-state index < -0.39 is 15.0 Å². The van der Waals surface area contributed by atoms with Crippen molar-refractivity contribution in [1.82, 2.24) is 0 Å². The van der Waals surface area contributed by atoms with Gasteiger partial charge in [0.2, 0.25) is 7.37 Å². The molecule has 0 rings (SSSR count). The van der Waals surface area contributed by atoms with Crippen molar-refractivity contribution in [3.63, 3.8) is 0 Å². The molecule has 0 aliphatic carbocycles. The molecule has 11 heavy (non-hydrogen) atoms. The fourth-order valence-electron chi connectivity index (χ4n) is 0. The number of rotatable bonds is 1. The molecule has 0 amide bonds. The van der Waals surface area contributed by atoms with E-state index in [1.54, 1.807) is 0 Å². The SMILES string of the molecule is CP(=O)(O)CN.CP(=O)(O)O. The summed E-state index contributed by atoms with van der Waals surface area (Å²) in [5.41, 5.74) is 4.79. The second-order valence-electron chi connectivity index (χ2n) is 2.07. The molecule has 0 aromatic rings. The maximum Gasteiger partial charge on any atom is 0.322 e. The molecule has 1 atom stereocenters.